The Labute approximate surface area is 148 Å². The van der Waals surface area contributed by atoms with Gasteiger partial charge in [-0.2, -0.15) is 5.10 Å². The number of hydrogen-bond donors (Lipinski definition) is 3. The van der Waals surface area contributed by atoms with Crippen LogP contribution < -0.4 is 19.5 Å². The minimum atomic E-state index is -0.866. The van der Waals surface area contributed by atoms with Crippen LogP contribution in [0.2, 0.25) is 0 Å². The maximum atomic E-state index is 12.3. The second-order valence-corrected chi connectivity index (χ2v) is 5.81. The lowest BCUT2D eigenvalue weighted by atomic mass is 10.2. The third kappa shape index (κ3) is 3.27. The number of nitrogens with one attached hydrogen (secondary N) is 2. The Kier molecular flexibility index (Phi) is 4.32. The van der Waals surface area contributed by atoms with E-state index < -0.39 is 6.10 Å². The summed E-state index contributed by atoms with van der Waals surface area (Å²) >= 11 is 0. The van der Waals surface area contributed by atoms with Crippen molar-refractivity contribution in [1.82, 2.24) is 15.5 Å². The predicted molar refractivity (Wildman–Crippen MR) is 92.5 cm³/mol. The van der Waals surface area contributed by atoms with Gasteiger partial charge in [0.25, 0.3) is 5.91 Å². The van der Waals surface area contributed by atoms with Crippen LogP contribution in [0, 0.1) is 0 Å². The first-order chi connectivity index (χ1) is 12.7. The minimum Gasteiger partial charge on any atom is -0.491 e. The number of amides is 1. The van der Waals surface area contributed by atoms with Crippen LogP contribution in [0.4, 0.5) is 0 Å². The first-order valence-electron chi connectivity index (χ1n) is 8.12. The average molecular weight is 355 g/mol. The van der Waals surface area contributed by atoms with Crippen molar-refractivity contribution in [2.24, 2.45) is 0 Å². The topological polar surface area (TPSA) is 106 Å². The van der Waals surface area contributed by atoms with E-state index in [2.05, 4.69) is 15.5 Å². The van der Waals surface area contributed by atoms with Gasteiger partial charge >= 0.3 is 0 Å². The van der Waals surface area contributed by atoms with Crippen molar-refractivity contribution in [1.29, 1.82) is 0 Å². The van der Waals surface area contributed by atoms with E-state index >= 15 is 0 Å². The van der Waals surface area contributed by atoms with E-state index in [0.717, 1.165) is 10.9 Å². The van der Waals surface area contributed by atoms with E-state index in [4.69, 9.17) is 14.2 Å². The number of benzene rings is 2. The lowest BCUT2D eigenvalue weighted by Crippen LogP contribution is -2.35. The fourth-order valence-corrected chi connectivity index (χ4v) is 2.65. The molecule has 1 unspecified atom stereocenters. The zero-order valence-electron chi connectivity index (χ0n) is 13.8. The molecule has 3 aromatic rings. The fourth-order valence-electron chi connectivity index (χ4n) is 2.65. The Morgan fingerprint density at radius 3 is 3.04 bits per heavy atom. The molecular weight excluding hydrogens is 338 g/mol. The Hall–Kier alpha value is -3.26. The molecule has 1 amide bonds. The van der Waals surface area contributed by atoms with E-state index in [9.17, 15) is 9.90 Å². The van der Waals surface area contributed by atoms with Gasteiger partial charge in [0, 0.05) is 18.0 Å². The van der Waals surface area contributed by atoms with Gasteiger partial charge in [0.1, 0.15) is 18.5 Å². The molecule has 8 heteroatoms. The van der Waals surface area contributed by atoms with Crippen molar-refractivity contribution in [2.45, 2.75) is 6.10 Å². The van der Waals surface area contributed by atoms with Gasteiger partial charge in [0.15, 0.2) is 17.2 Å². The van der Waals surface area contributed by atoms with Crippen molar-refractivity contribution in [2.75, 3.05) is 19.9 Å². The van der Waals surface area contributed by atoms with Crippen LogP contribution >= 0.6 is 0 Å². The number of aliphatic hydroxyl groups is 1. The smallest absolute Gasteiger partial charge is 0.272 e. The molecule has 134 valence electrons. The van der Waals surface area contributed by atoms with Crippen LogP contribution in [-0.4, -0.2) is 47.3 Å². The van der Waals surface area contributed by atoms with Gasteiger partial charge in [-0.05, 0) is 18.2 Å². The van der Waals surface area contributed by atoms with Crippen molar-refractivity contribution in [3.8, 4) is 17.2 Å². The van der Waals surface area contributed by atoms with Gasteiger partial charge in [-0.25, -0.2) is 0 Å². The van der Waals surface area contributed by atoms with Gasteiger partial charge in [0.2, 0.25) is 6.79 Å². The largest absolute Gasteiger partial charge is 0.491 e. The standard InChI is InChI=1S/C18H17N3O5/c22-11(9-24-12-5-6-15-16(7-12)26-10-25-15)8-19-18(23)17-13-3-1-2-4-14(13)20-21-17/h1-7,11,22H,8-10H2,(H,19,23)(H,20,21). The van der Waals surface area contributed by atoms with Gasteiger partial charge in [0.05, 0.1) is 5.52 Å². The summed E-state index contributed by atoms with van der Waals surface area (Å²) < 4.78 is 16.0. The van der Waals surface area contributed by atoms with Crippen LogP contribution in [0.3, 0.4) is 0 Å². The van der Waals surface area contributed by atoms with E-state index in [0.29, 0.717) is 22.9 Å². The number of aromatic nitrogens is 2. The fraction of sp³-hybridized carbons (Fsp3) is 0.222. The maximum Gasteiger partial charge on any atom is 0.272 e. The number of aliphatic hydroxyl groups excluding tert-OH is 1. The normalized spacial score (nSPS) is 13.6. The highest BCUT2D eigenvalue weighted by atomic mass is 16.7. The number of ether oxygens (including phenoxy) is 3. The summed E-state index contributed by atoms with van der Waals surface area (Å²) in [6.07, 6.45) is -0.866. The number of para-hydroxylation sites is 1. The lowest BCUT2D eigenvalue weighted by Gasteiger charge is -2.13. The Balaban J connectivity index is 1.30. The number of H-pyrrole nitrogens is 1. The number of fused-ring (bicyclic) bond motifs is 2. The minimum absolute atomic E-state index is 0.0290. The number of carbonyl (C=O) groups is 1. The third-order valence-electron chi connectivity index (χ3n) is 3.97. The van der Waals surface area contributed by atoms with Crippen LogP contribution in [-0.2, 0) is 0 Å². The molecule has 3 N–H and O–H groups in total. The number of aromatic amines is 1. The van der Waals surface area contributed by atoms with E-state index in [1.807, 2.05) is 24.3 Å². The highest BCUT2D eigenvalue weighted by Crippen LogP contribution is 2.35. The van der Waals surface area contributed by atoms with Gasteiger partial charge in [-0.1, -0.05) is 18.2 Å². The van der Waals surface area contributed by atoms with Gasteiger partial charge < -0.3 is 24.6 Å². The number of hydrogen-bond acceptors (Lipinski definition) is 6. The summed E-state index contributed by atoms with van der Waals surface area (Å²) in [6.45, 7) is 0.265. The van der Waals surface area contributed by atoms with Crippen molar-refractivity contribution in [3.05, 3.63) is 48.2 Å². The van der Waals surface area contributed by atoms with Crippen LogP contribution in [0.1, 0.15) is 10.5 Å². The molecule has 0 spiro atoms. The molecule has 26 heavy (non-hydrogen) atoms. The zero-order chi connectivity index (χ0) is 17.9. The van der Waals surface area contributed by atoms with Crippen molar-refractivity contribution < 1.29 is 24.1 Å². The third-order valence-corrected chi connectivity index (χ3v) is 3.97. The monoisotopic (exact) mass is 355 g/mol. The first-order valence-corrected chi connectivity index (χ1v) is 8.12. The average Bonchev–Trinajstić information content (AvgIpc) is 3.30. The second-order valence-electron chi connectivity index (χ2n) is 5.81. The lowest BCUT2D eigenvalue weighted by molar-refractivity contribution is 0.0841. The molecule has 0 saturated carbocycles. The molecule has 8 nitrogen and oxygen atoms in total. The Morgan fingerprint density at radius 1 is 1.27 bits per heavy atom. The molecule has 0 saturated heterocycles. The van der Waals surface area contributed by atoms with Crippen molar-refractivity contribution in [3.63, 3.8) is 0 Å². The summed E-state index contributed by atoms with van der Waals surface area (Å²) in [4.78, 5) is 12.3. The first kappa shape index (κ1) is 16.2. The predicted octanol–water partition coefficient (Wildman–Crippen LogP) is 1.46. The van der Waals surface area contributed by atoms with Crippen LogP contribution in [0.25, 0.3) is 10.9 Å². The molecule has 2 heterocycles. The molecule has 1 aromatic heterocycles. The molecule has 0 bridgehead atoms. The number of rotatable bonds is 6. The van der Waals surface area contributed by atoms with Crippen LogP contribution in [0.5, 0.6) is 17.2 Å². The summed E-state index contributed by atoms with van der Waals surface area (Å²) in [7, 11) is 0. The highest BCUT2D eigenvalue weighted by molar-refractivity contribution is 6.04. The van der Waals surface area contributed by atoms with Crippen molar-refractivity contribution >= 4 is 16.8 Å². The van der Waals surface area contributed by atoms with Crippen LogP contribution in [0.15, 0.2) is 42.5 Å². The molecule has 4 rings (SSSR count). The summed E-state index contributed by atoms with van der Waals surface area (Å²) in [5.41, 5.74) is 1.08. The molecule has 0 fully saturated rings. The van der Waals surface area contributed by atoms with E-state index in [1.165, 1.54) is 0 Å². The second kappa shape index (κ2) is 6.93. The molecule has 1 aliphatic rings. The molecular formula is C18H17N3O5. The Morgan fingerprint density at radius 2 is 2.12 bits per heavy atom. The quantitative estimate of drug-likeness (QED) is 0.618. The van der Waals surface area contributed by atoms with Gasteiger partial charge in [-0.15, -0.1) is 0 Å². The Bertz CT molecular complexity index is 939. The molecule has 1 atom stereocenters. The highest BCUT2D eigenvalue weighted by Gasteiger charge is 2.16. The molecule has 1 aliphatic heterocycles. The van der Waals surface area contributed by atoms with E-state index in [1.54, 1.807) is 18.2 Å². The van der Waals surface area contributed by atoms with E-state index in [-0.39, 0.29) is 25.9 Å². The molecule has 0 radical (unpaired) electrons. The summed E-state index contributed by atoms with van der Waals surface area (Å²) in [6, 6.07) is 12.5. The van der Waals surface area contributed by atoms with Gasteiger partial charge in [-0.3, -0.25) is 9.89 Å². The SMILES string of the molecule is O=C(NCC(O)COc1ccc2c(c1)OCO2)c1n[nH]c2ccccc12. The summed E-state index contributed by atoms with van der Waals surface area (Å²) in [5, 5.41) is 20.3. The number of nitrogens with zero attached hydrogens (tertiary/aromatic N) is 1. The number of carbonyl (C=O) groups excluding carboxylic acids is 1. The summed E-state index contributed by atoms with van der Waals surface area (Å²) in [5.74, 6) is 1.47. The molecule has 0 aliphatic carbocycles. The molecule has 2 aromatic carbocycles. The maximum absolute atomic E-state index is 12.3. The zero-order valence-corrected chi connectivity index (χ0v) is 13.8.